The second kappa shape index (κ2) is 10.7. The third-order valence-electron chi connectivity index (χ3n) is 2.32. The van der Waals surface area contributed by atoms with Gasteiger partial charge in [-0.05, 0) is 25.5 Å². The van der Waals surface area contributed by atoms with Gasteiger partial charge in [-0.15, -0.1) is 35.3 Å². The van der Waals surface area contributed by atoms with Gasteiger partial charge in [0.25, 0.3) is 0 Å². The van der Waals surface area contributed by atoms with Gasteiger partial charge < -0.3 is 15.4 Å². The van der Waals surface area contributed by atoms with E-state index in [-0.39, 0.29) is 30.0 Å². The Morgan fingerprint density at radius 2 is 2.26 bits per heavy atom. The highest BCUT2D eigenvalue weighted by atomic mass is 127. The summed E-state index contributed by atoms with van der Waals surface area (Å²) in [6.07, 6.45) is 0.941. The number of aliphatic imine (C=N–C) groups is 1. The topological polar surface area (TPSA) is 45.7 Å². The molecule has 4 nitrogen and oxygen atoms in total. The van der Waals surface area contributed by atoms with E-state index >= 15 is 0 Å². The molecule has 0 amide bonds. The monoisotopic (exact) mass is 417 g/mol. The molecule has 1 aromatic heterocycles. The van der Waals surface area contributed by atoms with Gasteiger partial charge in [0.1, 0.15) is 0 Å². The smallest absolute Gasteiger partial charge is 0.191 e. The number of thiophene rings is 1. The summed E-state index contributed by atoms with van der Waals surface area (Å²) in [4.78, 5) is 5.43. The Balaban J connectivity index is 0.00000324. The van der Waals surface area contributed by atoms with Crippen molar-refractivity contribution in [1.29, 1.82) is 0 Å². The van der Waals surface area contributed by atoms with E-state index in [2.05, 4.69) is 28.6 Å². The lowest BCUT2D eigenvalue weighted by molar-refractivity contribution is 0.179. The zero-order chi connectivity index (χ0) is 13.4. The molecule has 2 N–H and O–H groups in total. The van der Waals surface area contributed by atoms with Gasteiger partial charge in [0.05, 0.1) is 10.9 Å². The number of nitrogens with one attached hydrogen (secondary N) is 2. The van der Waals surface area contributed by atoms with Crippen molar-refractivity contribution < 1.29 is 4.74 Å². The van der Waals surface area contributed by atoms with Gasteiger partial charge in [0, 0.05) is 31.6 Å². The second-order valence-electron chi connectivity index (χ2n) is 3.96. The lowest BCUT2D eigenvalue weighted by atomic mass is 10.3. The van der Waals surface area contributed by atoms with E-state index in [9.17, 15) is 0 Å². The van der Waals surface area contributed by atoms with Crippen molar-refractivity contribution in [3.8, 4) is 0 Å². The van der Waals surface area contributed by atoms with E-state index in [0.29, 0.717) is 6.61 Å². The first kappa shape index (κ1) is 18.9. The number of halogens is 2. The number of nitrogens with zero attached hydrogens (tertiary/aromatic N) is 1. The Labute approximate surface area is 141 Å². The van der Waals surface area contributed by atoms with Gasteiger partial charge >= 0.3 is 0 Å². The molecule has 1 heterocycles. The highest BCUT2D eigenvalue weighted by Gasteiger charge is 2.04. The molecule has 0 aliphatic rings. The summed E-state index contributed by atoms with van der Waals surface area (Å²) in [5.41, 5.74) is 0. The van der Waals surface area contributed by atoms with Crippen LogP contribution in [0.25, 0.3) is 0 Å². The molecule has 0 saturated heterocycles. The minimum absolute atomic E-state index is 0. The van der Waals surface area contributed by atoms with Crippen LogP contribution in [-0.2, 0) is 11.2 Å². The Bertz CT molecular complexity index is 387. The van der Waals surface area contributed by atoms with Crippen LogP contribution in [0.1, 0.15) is 11.8 Å². The van der Waals surface area contributed by atoms with Crippen LogP contribution < -0.4 is 10.6 Å². The summed E-state index contributed by atoms with van der Waals surface area (Å²) >= 11 is 7.50. The van der Waals surface area contributed by atoms with Crippen molar-refractivity contribution in [2.75, 3.05) is 27.3 Å². The van der Waals surface area contributed by atoms with E-state index in [0.717, 1.165) is 23.3 Å². The third kappa shape index (κ3) is 7.96. The van der Waals surface area contributed by atoms with Crippen LogP contribution in [-0.4, -0.2) is 39.3 Å². The van der Waals surface area contributed by atoms with Gasteiger partial charge in [-0.1, -0.05) is 11.6 Å². The fourth-order valence-corrected chi connectivity index (χ4v) is 2.60. The summed E-state index contributed by atoms with van der Waals surface area (Å²) in [5, 5.41) is 6.51. The molecular formula is C12H21ClIN3OS. The van der Waals surface area contributed by atoms with E-state index in [1.807, 2.05) is 6.07 Å². The molecule has 1 rings (SSSR count). The highest BCUT2D eigenvalue weighted by molar-refractivity contribution is 14.0. The number of methoxy groups -OCH3 is 1. The molecule has 0 bridgehead atoms. The molecule has 0 aromatic carbocycles. The van der Waals surface area contributed by atoms with Gasteiger partial charge in [0.2, 0.25) is 0 Å². The molecule has 7 heteroatoms. The molecule has 0 aliphatic heterocycles. The molecule has 1 aromatic rings. The molecule has 0 fully saturated rings. The summed E-state index contributed by atoms with van der Waals surface area (Å²) in [6, 6.07) is 4.21. The number of ether oxygens (including phenoxy) is 1. The van der Waals surface area contributed by atoms with Crippen molar-refractivity contribution in [2.45, 2.75) is 19.4 Å². The molecule has 0 spiro atoms. The summed E-state index contributed by atoms with van der Waals surface area (Å²) < 4.78 is 5.90. The van der Waals surface area contributed by atoms with Crippen molar-refractivity contribution in [3.63, 3.8) is 0 Å². The van der Waals surface area contributed by atoms with Crippen LogP contribution in [0, 0.1) is 0 Å². The Morgan fingerprint density at radius 1 is 1.53 bits per heavy atom. The normalized spacial score (nSPS) is 12.7. The maximum absolute atomic E-state index is 5.88. The van der Waals surface area contributed by atoms with E-state index in [4.69, 9.17) is 16.3 Å². The number of guanidine groups is 1. The standard InChI is InChI=1S/C12H20ClN3OS.HI/c1-9(8-17-3)16-12(14-2)15-7-6-10-4-5-11(13)18-10;/h4-5,9H,6-8H2,1-3H3,(H2,14,15,16);1H. The molecule has 1 unspecified atom stereocenters. The molecule has 0 saturated carbocycles. The highest BCUT2D eigenvalue weighted by Crippen LogP contribution is 2.21. The van der Waals surface area contributed by atoms with Crippen LogP contribution in [0.3, 0.4) is 0 Å². The Kier molecular flexibility index (Phi) is 10.7. The van der Waals surface area contributed by atoms with E-state index < -0.39 is 0 Å². The van der Waals surface area contributed by atoms with Crippen LogP contribution in [0.2, 0.25) is 4.34 Å². The van der Waals surface area contributed by atoms with Crippen LogP contribution in [0.4, 0.5) is 0 Å². The van der Waals surface area contributed by atoms with Gasteiger partial charge in [-0.2, -0.15) is 0 Å². The van der Waals surface area contributed by atoms with Crippen LogP contribution in [0.5, 0.6) is 0 Å². The van der Waals surface area contributed by atoms with E-state index in [1.165, 1.54) is 4.88 Å². The Hall–Kier alpha value is -0.0500. The van der Waals surface area contributed by atoms with Gasteiger partial charge in [-0.3, -0.25) is 4.99 Å². The third-order valence-corrected chi connectivity index (χ3v) is 3.61. The predicted molar refractivity (Wildman–Crippen MR) is 94.3 cm³/mol. The minimum Gasteiger partial charge on any atom is -0.383 e. The molecule has 0 aliphatic carbocycles. The lowest BCUT2D eigenvalue weighted by Crippen LogP contribution is -2.44. The molecular weight excluding hydrogens is 397 g/mol. The SMILES string of the molecule is CN=C(NCCc1ccc(Cl)s1)NC(C)COC.I. The average molecular weight is 418 g/mol. The molecule has 0 radical (unpaired) electrons. The number of rotatable bonds is 6. The molecule has 1 atom stereocenters. The minimum atomic E-state index is 0. The van der Waals surface area contributed by atoms with E-state index in [1.54, 1.807) is 25.5 Å². The number of hydrogen-bond donors (Lipinski definition) is 2. The fourth-order valence-electron chi connectivity index (χ4n) is 1.51. The van der Waals surface area contributed by atoms with Crippen LogP contribution in [0.15, 0.2) is 17.1 Å². The summed E-state index contributed by atoms with van der Waals surface area (Å²) in [5.74, 6) is 0.794. The largest absolute Gasteiger partial charge is 0.383 e. The average Bonchev–Trinajstić information content (AvgIpc) is 2.74. The molecule has 19 heavy (non-hydrogen) atoms. The quantitative estimate of drug-likeness (QED) is 0.425. The Morgan fingerprint density at radius 3 is 2.79 bits per heavy atom. The maximum Gasteiger partial charge on any atom is 0.191 e. The predicted octanol–water partition coefficient (Wildman–Crippen LogP) is 2.76. The lowest BCUT2D eigenvalue weighted by Gasteiger charge is -2.16. The zero-order valence-electron chi connectivity index (χ0n) is 11.4. The molecule has 110 valence electrons. The van der Waals surface area contributed by atoms with Gasteiger partial charge in [0.15, 0.2) is 5.96 Å². The van der Waals surface area contributed by atoms with Crippen molar-refractivity contribution in [2.24, 2.45) is 4.99 Å². The fraction of sp³-hybridized carbons (Fsp3) is 0.583. The first-order valence-electron chi connectivity index (χ1n) is 5.86. The summed E-state index contributed by atoms with van der Waals surface area (Å²) in [6.45, 7) is 3.53. The second-order valence-corrected chi connectivity index (χ2v) is 5.76. The number of hydrogen-bond acceptors (Lipinski definition) is 3. The van der Waals surface area contributed by atoms with Crippen molar-refractivity contribution in [1.82, 2.24) is 10.6 Å². The maximum atomic E-state index is 5.88. The van der Waals surface area contributed by atoms with Gasteiger partial charge in [-0.25, -0.2) is 0 Å². The zero-order valence-corrected chi connectivity index (χ0v) is 15.3. The first-order valence-corrected chi connectivity index (χ1v) is 7.05. The first-order chi connectivity index (χ1) is 8.65. The summed E-state index contributed by atoms with van der Waals surface area (Å²) in [7, 11) is 3.45. The van der Waals surface area contributed by atoms with Crippen molar-refractivity contribution >= 4 is 52.9 Å². The van der Waals surface area contributed by atoms with Crippen LogP contribution >= 0.6 is 46.9 Å². The van der Waals surface area contributed by atoms with Crippen molar-refractivity contribution in [3.05, 3.63) is 21.3 Å².